The molecule has 7 nitrogen and oxygen atoms in total. The van der Waals surface area contributed by atoms with E-state index in [1.54, 1.807) is 0 Å². The Balaban J connectivity index is 1.34. The molecule has 0 amide bonds. The van der Waals surface area contributed by atoms with Crippen molar-refractivity contribution in [2.45, 2.75) is 24.8 Å². The Morgan fingerprint density at radius 1 is 0.974 bits per heavy atom. The summed E-state index contributed by atoms with van der Waals surface area (Å²) in [6.45, 7) is 4.63. The number of aromatic amines is 1. The van der Waals surface area contributed by atoms with E-state index in [-0.39, 0.29) is 5.56 Å². The van der Waals surface area contributed by atoms with Gasteiger partial charge in [0.2, 0.25) is 0 Å². The zero-order valence-electron chi connectivity index (χ0n) is 21.4. The van der Waals surface area contributed by atoms with Crippen LogP contribution in [0.4, 0.5) is 0 Å². The molecule has 3 aromatic carbocycles. The third-order valence-electron chi connectivity index (χ3n) is 6.23. The van der Waals surface area contributed by atoms with E-state index in [4.69, 9.17) is 9.72 Å². The molecule has 0 atom stereocenters. The Labute approximate surface area is 233 Å². The van der Waals surface area contributed by atoms with Crippen molar-refractivity contribution in [3.63, 3.8) is 0 Å². The maximum atomic E-state index is 13.1. The molecule has 0 saturated heterocycles. The Bertz CT molecular complexity index is 1810. The molecule has 9 heteroatoms. The zero-order chi connectivity index (χ0) is 26.8. The first-order chi connectivity index (χ1) is 19.1. The number of aromatic nitrogens is 5. The molecule has 0 radical (unpaired) electrons. The maximum Gasteiger partial charge on any atom is 0.260 e. The van der Waals surface area contributed by atoms with Crippen LogP contribution >= 0.6 is 23.1 Å². The van der Waals surface area contributed by atoms with Crippen molar-refractivity contribution < 1.29 is 4.74 Å². The standard InChI is InChI=1S/C30H25N5O2S2/c1-3-37-23-14-12-22(13-15-23)35-27(21-11-7-8-19(2)16-21)33-34-30(35)39-18-25-31-28(36)26-24(17-38-29(26)32-25)20-9-5-4-6-10-20/h4-17H,3,18H2,1-2H3,(H,31,32,36). The molecular weight excluding hydrogens is 526 g/mol. The quantitative estimate of drug-likeness (QED) is 0.207. The minimum atomic E-state index is -0.135. The fourth-order valence-corrected chi connectivity index (χ4v) is 6.24. The van der Waals surface area contributed by atoms with E-state index in [0.29, 0.717) is 28.7 Å². The molecule has 39 heavy (non-hydrogen) atoms. The lowest BCUT2D eigenvalue weighted by molar-refractivity contribution is 0.340. The number of fused-ring (bicyclic) bond motifs is 1. The highest BCUT2D eigenvalue weighted by Crippen LogP contribution is 2.33. The van der Waals surface area contributed by atoms with E-state index < -0.39 is 0 Å². The Morgan fingerprint density at radius 2 is 1.77 bits per heavy atom. The van der Waals surface area contributed by atoms with Crippen molar-refractivity contribution in [1.82, 2.24) is 24.7 Å². The summed E-state index contributed by atoms with van der Waals surface area (Å²) < 4.78 is 7.67. The van der Waals surface area contributed by atoms with Crippen LogP contribution in [-0.2, 0) is 5.75 Å². The SMILES string of the molecule is CCOc1ccc(-n2c(SCc3nc4scc(-c5ccccc5)c4c(=O)[nH]3)nnc2-c2cccc(C)c2)cc1. The Kier molecular flexibility index (Phi) is 7.00. The number of ether oxygens (including phenoxy) is 1. The average Bonchev–Trinajstić information content (AvgIpc) is 3.58. The van der Waals surface area contributed by atoms with Gasteiger partial charge in [0, 0.05) is 22.2 Å². The van der Waals surface area contributed by atoms with Crippen LogP contribution in [0, 0.1) is 6.92 Å². The van der Waals surface area contributed by atoms with Gasteiger partial charge in [-0.3, -0.25) is 9.36 Å². The number of rotatable bonds is 8. The highest BCUT2D eigenvalue weighted by molar-refractivity contribution is 7.98. The summed E-state index contributed by atoms with van der Waals surface area (Å²) >= 11 is 2.96. The van der Waals surface area contributed by atoms with Crippen LogP contribution in [0.15, 0.2) is 94.2 Å². The number of nitrogens with zero attached hydrogens (tertiary/aromatic N) is 4. The average molecular weight is 552 g/mol. The molecule has 0 aliphatic carbocycles. The number of benzene rings is 3. The fourth-order valence-electron chi connectivity index (χ4n) is 4.45. The molecule has 1 N–H and O–H groups in total. The summed E-state index contributed by atoms with van der Waals surface area (Å²) in [6.07, 6.45) is 0. The van der Waals surface area contributed by atoms with Gasteiger partial charge in [-0.25, -0.2) is 4.98 Å². The molecule has 3 heterocycles. The van der Waals surface area contributed by atoms with E-state index in [2.05, 4.69) is 34.2 Å². The van der Waals surface area contributed by atoms with Crippen LogP contribution in [0.1, 0.15) is 18.3 Å². The van der Waals surface area contributed by atoms with Gasteiger partial charge in [0.25, 0.3) is 5.56 Å². The summed E-state index contributed by atoms with van der Waals surface area (Å²) in [5, 5.41) is 12.4. The predicted molar refractivity (Wildman–Crippen MR) is 158 cm³/mol. The highest BCUT2D eigenvalue weighted by atomic mass is 32.2. The van der Waals surface area contributed by atoms with Crippen LogP contribution < -0.4 is 10.3 Å². The number of nitrogens with one attached hydrogen (secondary N) is 1. The fraction of sp³-hybridized carbons (Fsp3) is 0.133. The van der Waals surface area contributed by atoms with Gasteiger partial charge in [-0.2, -0.15) is 0 Å². The van der Waals surface area contributed by atoms with E-state index in [1.165, 1.54) is 23.1 Å². The lowest BCUT2D eigenvalue weighted by Crippen LogP contribution is -2.11. The molecule has 0 bridgehead atoms. The number of aryl methyl sites for hydroxylation is 1. The first-order valence-electron chi connectivity index (χ1n) is 12.5. The van der Waals surface area contributed by atoms with Gasteiger partial charge in [-0.15, -0.1) is 21.5 Å². The van der Waals surface area contributed by atoms with Gasteiger partial charge in [-0.1, -0.05) is 65.9 Å². The molecule has 6 rings (SSSR count). The second-order valence-corrected chi connectivity index (χ2v) is 10.7. The van der Waals surface area contributed by atoms with Crippen molar-refractivity contribution in [1.29, 1.82) is 0 Å². The van der Waals surface area contributed by atoms with Gasteiger partial charge in [0.05, 0.1) is 17.7 Å². The Morgan fingerprint density at radius 3 is 2.54 bits per heavy atom. The number of hydrogen-bond donors (Lipinski definition) is 1. The largest absolute Gasteiger partial charge is 0.494 e. The van der Waals surface area contributed by atoms with Crippen LogP contribution in [0.3, 0.4) is 0 Å². The van der Waals surface area contributed by atoms with E-state index in [1.807, 2.05) is 83.6 Å². The van der Waals surface area contributed by atoms with Crippen LogP contribution in [0.5, 0.6) is 5.75 Å². The first-order valence-corrected chi connectivity index (χ1v) is 14.4. The molecule has 6 aromatic rings. The maximum absolute atomic E-state index is 13.1. The number of thiophene rings is 1. The molecule has 0 unspecified atom stereocenters. The number of H-pyrrole nitrogens is 1. The number of hydrogen-bond acceptors (Lipinski definition) is 7. The molecule has 0 saturated carbocycles. The van der Waals surface area contributed by atoms with Gasteiger partial charge in [0.1, 0.15) is 16.4 Å². The summed E-state index contributed by atoms with van der Waals surface area (Å²) in [5.74, 6) is 2.58. The normalized spacial score (nSPS) is 11.2. The Hall–Kier alpha value is -4.21. The molecule has 3 aromatic heterocycles. The summed E-state index contributed by atoms with van der Waals surface area (Å²) in [5.41, 5.74) is 4.81. The van der Waals surface area contributed by atoms with E-state index >= 15 is 0 Å². The van der Waals surface area contributed by atoms with Crippen molar-refractivity contribution in [2.75, 3.05) is 6.61 Å². The second-order valence-electron chi connectivity index (χ2n) is 8.93. The number of thioether (sulfide) groups is 1. The third kappa shape index (κ3) is 5.10. The molecule has 0 spiro atoms. The third-order valence-corrected chi connectivity index (χ3v) is 8.04. The zero-order valence-corrected chi connectivity index (χ0v) is 23.1. The second kappa shape index (κ2) is 10.9. The summed E-state index contributed by atoms with van der Waals surface area (Å²) in [6, 6.07) is 26.0. The van der Waals surface area contributed by atoms with E-state index in [0.717, 1.165) is 44.3 Å². The molecule has 0 aliphatic heterocycles. The van der Waals surface area contributed by atoms with Crippen molar-refractivity contribution >= 4 is 33.3 Å². The molecular formula is C30H25N5O2S2. The highest BCUT2D eigenvalue weighted by Gasteiger charge is 2.18. The molecule has 0 fully saturated rings. The van der Waals surface area contributed by atoms with Crippen molar-refractivity contribution in [3.8, 4) is 34.0 Å². The molecule has 194 valence electrons. The van der Waals surface area contributed by atoms with Gasteiger partial charge in [0.15, 0.2) is 11.0 Å². The van der Waals surface area contributed by atoms with Crippen molar-refractivity contribution in [3.05, 3.63) is 106 Å². The van der Waals surface area contributed by atoms with Crippen molar-refractivity contribution in [2.24, 2.45) is 0 Å². The minimum Gasteiger partial charge on any atom is -0.494 e. The monoisotopic (exact) mass is 551 g/mol. The van der Waals surface area contributed by atoms with Gasteiger partial charge in [-0.05, 0) is 49.7 Å². The smallest absolute Gasteiger partial charge is 0.260 e. The summed E-state index contributed by atoms with van der Waals surface area (Å²) in [7, 11) is 0. The molecule has 0 aliphatic rings. The minimum absolute atomic E-state index is 0.135. The first kappa shape index (κ1) is 25.1. The lowest BCUT2D eigenvalue weighted by atomic mass is 10.1. The topological polar surface area (TPSA) is 85.7 Å². The summed E-state index contributed by atoms with van der Waals surface area (Å²) in [4.78, 5) is 21.6. The van der Waals surface area contributed by atoms with Crippen LogP contribution in [-0.4, -0.2) is 31.3 Å². The van der Waals surface area contributed by atoms with Gasteiger partial charge >= 0.3 is 0 Å². The van der Waals surface area contributed by atoms with Gasteiger partial charge < -0.3 is 9.72 Å². The predicted octanol–water partition coefficient (Wildman–Crippen LogP) is 6.90. The lowest BCUT2D eigenvalue weighted by Gasteiger charge is -2.12. The van der Waals surface area contributed by atoms with Crippen LogP contribution in [0.2, 0.25) is 0 Å². The van der Waals surface area contributed by atoms with Crippen LogP contribution in [0.25, 0.3) is 38.4 Å². The van der Waals surface area contributed by atoms with E-state index in [9.17, 15) is 4.79 Å².